The number of hydrogen-bond acceptors (Lipinski definition) is 3. The molecule has 5 nitrogen and oxygen atoms in total. The first-order chi connectivity index (χ1) is 9.90. The van der Waals surface area contributed by atoms with E-state index in [9.17, 15) is 14.7 Å². The Morgan fingerprint density at radius 3 is 2.86 bits per heavy atom. The molecule has 3 rings (SSSR count). The van der Waals surface area contributed by atoms with Crippen molar-refractivity contribution in [2.24, 2.45) is 11.3 Å². The third-order valence-corrected chi connectivity index (χ3v) is 5.67. The molecule has 1 fully saturated rings. The average Bonchev–Trinajstić information content (AvgIpc) is 2.85. The molecule has 1 aliphatic carbocycles. The van der Waals surface area contributed by atoms with E-state index in [2.05, 4.69) is 19.2 Å². The Morgan fingerprint density at radius 2 is 2.24 bits per heavy atom. The van der Waals surface area contributed by atoms with Crippen LogP contribution in [0.3, 0.4) is 0 Å². The fraction of sp³-hybridized carbons (Fsp3) is 0.600. The van der Waals surface area contributed by atoms with Crippen molar-refractivity contribution in [2.45, 2.75) is 32.7 Å². The molecule has 2 unspecified atom stereocenters. The molecule has 1 saturated carbocycles. The van der Waals surface area contributed by atoms with Gasteiger partial charge in [-0.05, 0) is 41.2 Å². The lowest BCUT2D eigenvalue weighted by molar-refractivity contribution is -0.142. The first-order valence-corrected chi connectivity index (χ1v) is 8.11. The first-order valence-electron chi connectivity index (χ1n) is 7.23. The smallest absolute Gasteiger partial charge is 0.331 e. The second-order valence-corrected chi connectivity index (χ2v) is 7.56. The normalized spacial score (nSPS) is 26.1. The molecular formula is C15H20N2O3S. The number of nitrogens with zero attached hydrogens (tertiary/aromatic N) is 1. The number of carboxylic acids is 1. The molecule has 6 heteroatoms. The lowest BCUT2D eigenvalue weighted by Gasteiger charge is -2.33. The van der Waals surface area contributed by atoms with E-state index < -0.39 is 12.0 Å². The maximum absolute atomic E-state index is 12.3. The molecule has 2 atom stereocenters. The van der Waals surface area contributed by atoms with Crippen LogP contribution >= 0.6 is 11.3 Å². The summed E-state index contributed by atoms with van der Waals surface area (Å²) in [5, 5.41) is 14.3. The van der Waals surface area contributed by atoms with E-state index in [0.29, 0.717) is 24.4 Å². The Hall–Kier alpha value is -1.56. The van der Waals surface area contributed by atoms with Crippen LogP contribution in [-0.2, 0) is 11.2 Å². The van der Waals surface area contributed by atoms with Crippen LogP contribution in [0.15, 0.2) is 11.4 Å². The highest BCUT2D eigenvalue weighted by atomic mass is 32.1. The van der Waals surface area contributed by atoms with Gasteiger partial charge in [0, 0.05) is 18.0 Å². The predicted molar refractivity (Wildman–Crippen MR) is 80.4 cm³/mol. The lowest BCUT2D eigenvalue weighted by atomic mass is 10.0. The highest BCUT2D eigenvalue weighted by molar-refractivity contribution is 7.10. The van der Waals surface area contributed by atoms with Gasteiger partial charge in [-0.15, -0.1) is 11.3 Å². The number of nitrogens with one attached hydrogen (secondary N) is 1. The SMILES string of the molecule is CC1(C)CC1CNC(=O)N1CCc2sccc2C1C(=O)O. The lowest BCUT2D eigenvalue weighted by Crippen LogP contribution is -2.48. The number of amides is 2. The Kier molecular flexibility index (Phi) is 3.43. The standard InChI is InChI=1S/C15H20N2O3S/c1-15(2)7-9(15)8-16-14(20)17-5-3-11-10(4-6-21-11)12(17)13(18)19/h4,6,9,12H,3,5,7-8H2,1-2H3,(H,16,20)(H,18,19). The fourth-order valence-corrected chi connectivity index (χ4v) is 3.94. The second-order valence-electron chi connectivity index (χ2n) is 6.56. The van der Waals surface area contributed by atoms with Gasteiger partial charge in [-0.3, -0.25) is 0 Å². The van der Waals surface area contributed by atoms with Crippen LogP contribution in [-0.4, -0.2) is 35.1 Å². The zero-order chi connectivity index (χ0) is 15.2. The van der Waals surface area contributed by atoms with Crippen molar-refractivity contribution in [3.05, 3.63) is 21.9 Å². The number of thiophene rings is 1. The van der Waals surface area contributed by atoms with Crippen molar-refractivity contribution < 1.29 is 14.7 Å². The number of fused-ring (bicyclic) bond motifs is 1. The Morgan fingerprint density at radius 1 is 1.52 bits per heavy atom. The molecule has 2 aliphatic rings. The quantitative estimate of drug-likeness (QED) is 0.901. The molecule has 21 heavy (non-hydrogen) atoms. The van der Waals surface area contributed by atoms with Crippen LogP contribution in [0, 0.1) is 11.3 Å². The molecule has 2 N–H and O–H groups in total. The summed E-state index contributed by atoms with van der Waals surface area (Å²) in [6.45, 7) is 5.46. The number of urea groups is 1. The van der Waals surface area contributed by atoms with Crippen molar-refractivity contribution in [3.63, 3.8) is 0 Å². The van der Waals surface area contributed by atoms with E-state index in [1.165, 1.54) is 4.90 Å². The highest BCUT2D eigenvalue weighted by Gasteiger charge is 2.45. The van der Waals surface area contributed by atoms with Gasteiger partial charge in [0.25, 0.3) is 0 Å². The van der Waals surface area contributed by atoms with Crippen molar-refractivity contribution in [2.75, 3.05) is 13.1 Å². The second kappa shape index (κ2) is 5.02. The molecule has 0 saturated heterocycles. The van der Waals surface area contributed by atoms with Gasteiger partial charge in [-0.2, -0.15) is 0 Å². The predicted octanol–water partition coefficient (Wildman–Crippen LogP) is 2.49. The minimum Gasteiger partial charge on any atom is -0.479 e. The van der Waals surface area contributed by atoms with Crippen LogP contribution in [0.5, 0.6) is 0 Å². The number of carbonyl (C=O) groups is 2. The molecule has 2 amide bonds. The summed E-state index contributed by atoms with van der Waals surface area (Å²) in [7, 11) is 0. The van der Waals surface area contributed by atoms with E-state index in [0.717, 1.165) is 23.3 Å². The number of aliphatic carboxylic acids is 1. The Bertz CT molecular complexity index is 581. The average molecular weight is 308 g/mol. The number of carbonyl (C=O) groups excluding carboxylic acids is 1. The number of rotatable bonds is 3. The monoisotopic (exact) mass is 308 g/mol. The van der Waals surface area contributed by atoms with E-state index in [1.807, 2.05) is 11.4 Å². The third-order valence-electron chi connectivity index (χ3n) is 4.68. The zero-order valence-corrected chi connectivity index (χ0v) is 13.1. The molecule has 1 aromatic heterocycles. The summed E-state index contributed by atoms with van der Waals surface area (Å²) in [6, 6.07) is 0.705. The maximum atomic E-state index is 12.3. The first kappa shape index (κ1) is 14.4. The van der Waals surface area contributed by atoms with Gasteiger partial charge in [0.1, 0.15) is 0 Å². The molecule has 2 heterocycles. The van der Waals surface area contributed by atoms with Gasteiger partial charge >= 0.3 is 12.0 Å². The van der Waals surface area contributed by atoms with Crippen LogP contribution < -0.4 is 5.32 Å². The van der Waals surface area contributed by atoms with Gasteiger partial charge < -0.3 is 15.3 Å². The van der Waals surface area contributed by atoms with Gasteiger partial charge in [0.05, 0.1) is 0 Å². The van der Waals surface area contributed by atoms with Crippen LogP contribution in [0.25, 0.3) is 0 Å². The molecular weight excluding hydrogens is 288 g/mol. The molecule has 114 valence electrons. The summed E-state index contributed by atoms with van der Waals surface area (Å²) in [4.78, 5) is 26.4. The van der Waals surface area contributed by atoms with Crippen LogP contribution in [0.4, 0.5) is 4.79 Å². The Labute approximate surface area is 128 Å². The highest BCUT2D eigenvalue weighted by Crippen LogP contribution is 2.51. The number of carboxylic acid groups (broad SMARTS) is 1. The minimum absolute atomic E-state index is 0.262. The van der Waals surface area contributed by atoms with E-state index >= 15 is 0 Å². The summed E-state index contributed by atoms with van der Waals surface area (Å²) in [6.07, 6.45) is 1.85. The Balaban J connectivity index is 1.69. The third kappa shape index (κ3) is 2.64. The molecule has 0 bridgehead atoms. The topological polar surface area (TPSA) is 69.6 Å². The van der Waals surface area contributed by atoms with Gasteiger partial charge in [0.15, 0.2) is 6.04 Å². The molecule has 0 spiro atoms. The molecule has 0 radical (unpaired) electrons. The van der Waals surface area contributed by atoms with E-state index in [1.54, 1.807) is 11.3 Å². The van der Waals surface area contributed by atoms with Gasteiger partial charge in [-0.25, -0.2) is 9.59 Å². The molecule has 1 aliphatic heterocycles. The summed E-state index contributed by atoms with van der Waals surface area (Å²) >= 11 is 1.57. The molecule has 0 aromatic carbocycles. The molecule has 1 aromatic rings. The van der Waals surface area contributed by atoms with E-state index in [-0.39, 0.29) is 6.03 Å². The summed E-state index contributed by atoms with van der Waals surface area (Å²) in [5.74, 6) is -0.456. The zero-order valence-electron chi connectivity index (χ0n) is 12.3. The van der Waals surface area contributed by atoms with Crippen molar-refractivity contribution in [3.8, 4) is 0 Å². The maximum Gasteiger partial charge on any atom is 0.331 e. The van der Waals surface area contributed by atoms with Gasteiger partial charge in [-0.1, -0.05) is 13.8 Å². The van der Waals surface area contributed by atoms with Crippen LogP contribution in [0.1, 0.15) is 36.8 Å². The number of hydrogen-bond donors (Lipinski definition) is 2. The summed E-state index contributed by atoms with van der Waals surface area (Å²) in [5.41, 5.74) is 1.07. The van der Waals surface area contributed by atoms with Crippen molar-refractivity contribution >= 4 is 23.3 Å². The van der Waals surface area contributed by atoms with Crippen molar-refractivity contribution in [1.29, 1.82) is 0 Å². The fourth-order valence-electron chi connectivity index (χ4n) is 3.04. The largest absolute Gasteiger partial charge is 0.479 e. The summed E-state index contributed by atoms with van der Waals surface area (Å²) < 4.78 is 0. The van der Waals surface area contributed by atoms with Crippen LogP contribution in [0.2, 0.25) is 0 Å². The van der Waals surface area contributed by atoms with Gasteiger partial charge in [0.2, 0.25) is 0 Å². The van der Waals surface area contributed by atoms with E-state index in [4.69, 9.17) is 0 Å². The minimum atomic E-state index is -0.962. The van der Waals surface area contributed by atoms with Crippen molar-refractivity contribution in [1.82, 2.24) is 10.2 Å².